The number of nitrogens with zero attached hydrogens (tertiary/aromatic N) is 1. The number of aromatic nitrogens is 1. The lowest BCUT2D eigenvalue weighted by molar-refractivity contribution is -0.126. The molecule has 0 radical (unpaired) electrons. The molecule has 1 unspecified atom stereocenters. The Kier molecular flexibility index (Phi) is 4.34. The number of para-hydroxylation sites is 1. The number of carbonyl (C=O) groups is 2. The normalized spacial score (nSPS) is 22.4. The summed E-state index contributed by atoms with van der Waals surface area (Å²) >= 11 is 0. The van der Waals surface area contributed by atoms with Crippen molar-refractivity contribution in [1.82, 2.24) is 10.3 Å². The quantitative estimate of drug-likeness (QED) is 0.658. The van der Waals surface area contributed by atoms with Crippen LogP contribution in [0.1, 0.15) is 60.3 Å². The lowest BCUT2D eigenvalue weighted by Gasteiger charge is -2.41. The summed E-state index contributed by atoms with van der Waals surface area (Å²) in [6, 6.07) is 14.1. The Balaban J connectivity index is 1.44. The molecule has 2 N–H and O–H groups in total. The van der Waals surface area contributed by atoms with Crippen molar-refractivity contribution in [2.45, 2.75) is 44.6 Å². The lowest BCUT2D eigenvalue weighted by atomic mass is 9.71. The summed E-state index contributed by atoms with van der Waals surface area (Å²) in [5, 5.41) is 4.40. The Morgan fingerprint density at radius 1 is 1.12 bits per heavy atom. The molecule has 5 heteroatoms. The molecular weight excluding hydrogens is 398 g/mol. The molecule has 5 nitrogen and oxygen atoms in total. The van der Waals surface area contributed by atoms with E-state index in [9.17, 15) is 9.59 Å². The van der Waals surface area contributed by atoms with Crippen molar-refractivity contribution in [3.63, 3.8) is 0 Å². The first-order valence-electron chi connectivity index (χ1n) is 11.8. The second kappa shape index (κ2) is 7.04. The fourth-order valence-electron chi connectivity index (χ4n) is 5.77. The van der Waals surface area contributed by atoms with Crippen molar-refractivity contribution in [2.75, 3.05) is 24.5 Å². The Morgan fingerprint density at radius 2 is 1.94 bits per heavy atom. The largest absolute Gasteiger partial charge is 0.359 e. The predicted octanol–water partition coefficient (Wildman–Crippen LogP) is 4.19. The highest BCUT2D eigenvalue weighted by Crippen LogP contribution is 2.45. The average Bonchev–Trinajstić information content (AvgIpc) is 3.17. The van der Waals surface area contributed by atoms with Crippen LogP contribution in [0.25, 0.3) is 10.9 Å². The molecular formula is C27H29N3O2. The number of fused-ring (bicyclic) bond motifs is 4. The summed E-state index contributed by atoms with van der Waals surface area (Å²) in [4.78, 5) is 32.5. The Labute approximate surface area is 188 Å². The third-order valence-corrected chi connectivity index (χ3v) is 7.89. The molecule has 2 aliphatic carbocycles. The molecule has 3 aliphatic rings. The van der Waals surface area contributed by atoms with Crippen LogP contribution in [0.5, 0.6) is 0 Å². The number of ketones is 2. The van der Waals surface area contributed by atoms with Gasteiger partial charge in [-0.3, -0.25) is 9.59 Å². The van der Waals surface area contributed by atoms with Crippen LogP contribution in [0.15, 0.2) is 42.5 Å². The van der Waals surface area contributed by atoms with E-state index in [1.54, 1.807) is 0 Å². The first-order valence-corrected chi connectivity index (χ1v) is 11.8. The molecule has 0 bridgehead atoms. The molecule has 1 aliphatic heterocycles. The fraction of sp³-hybridized carbons (Fsp3) is 0.407. The second-order valence-corrected chi connectivity index (χ2v) is 10.0. The van der Waals surface area contributed by atoms with E-state index >= 15 is 0 Å². The number of carbonyl (C=O) groups excluding carboxylic acids is 2. The molecule has 2 fully saturated rings. The van der Waals surface area contributed by atoms with Crippen LogP contribution in [0, 0.1) is 5.92 Å². The first kappa shape index (κ1) is 19.7. The Bertz CT molecular complexity index is 1250. The topological polar surface area (TPSA) is 65.2 Å². The number of anilines is 1. The van der Waals surface area contributed by atoms with Gasteiger partial charge in [0, 0.05) is 58.8 Å². The van der Waals surface area contributed by atoms with E-state index in [2.05, 4.69) is 35.1 Å². The standard InChI is InChI=1S/C27H29N3O2/c1-27(2)20-14-17(30-13-12-28-15-22(30)24(31)16-6-5-7-16)10-11-18(20)25(32)23-19-8-3-4-9-21(19)29-26(23)27/h3-4,8-11,14,16,22,28-29H,5-7,12-13,15H2,1-2H3. The van der Waals surface area contributed by atoms with Crippen molar-refractivity contribution in [3.05, 3.63) is 64.8 Å². The third-order valence-electron chi connectivity index (χ3n) is 7.89. The van der Waals surface area contributed by atoms with Gasteiger partial charge in [0.25, 0.3) is 0 Å². The average molecular weight is 428 g/mol. The highest BCUT2D eigenvalue weighted by atomic mass is 16.1. The van der Waals surface area contributed by atoms with Gasteiger partial charge in [-0.15, -0.1) is 0 Å². The van der Waals surface area contributed by atoms with Crippen LogP contribution in [-0.4, -0.2) is 42.2 Å². The molecule has 0 spiro atoms. The van der Waals surface area contributed by atoms with Gasteiger partial charge in [0.2, 0.25) is 0 Å². The molecule has 1 aromatic heterocycles. The van der Waals surface area contributed by atoms with Crippen molar-refractivity contribution >= 4 is 28.2 Å². The molecule has 6 rings (SSSR count). The molecule has 2 heterocycles. The van der Waals surface area contributed by atoms with Gasteiger partial charge in [0.15, 0.2) is 11.6 Å². The molecule has 164 valence electrons. The minimum atomic E-state index is -0.338. The minimum absolute atomic E-state index is 0.0840. The molecule has 1 saturated carbocycles. The van der Waals surface area contributed by atoms with Crippen molar-refractivity contribution in [1.29, 1.82) is 0 Å². The maximum atomic E-state index is 13.6. The summed E-state index contributed by atoms with van der Waals surface area (Å²) < 4.78 is 0. The number of hydrogen-bond acceptors (Lipinski definition) is 4. The number of aromatic amines is 1. The summed E-state index contributed by atoms with van der Waals surface area (Å²) in [5.41, 5.74) is 5.29. The van der Waals surface area contributed by atoms with Crippen LogP contribution in [0.2, 0.25) is 0 Å². The number of piperazine rings is 1. The summed E-state index contributed by atoms with van der Waals surface area (Å²) in [6.45, 7) is 6.73. The second-order valence-electron chi connectivity index (χ2n) is 10.0. The van der Waals surface area contributed by atoms with Crippen molar-refractivity contribution in [2.24, 2.45) is 5.92 Å². The molecule has 3 aromatic rings. The van der Waals surface area contributed by atoms with E-state index in [-0.39, 0.29) is 23.2 Å². The molecule has 0 amide bonds. The zero-order valence-corrected chi connectivity index (χ0v) is 18.7. The van der Waals surface area contributed by atoms with Crippen LogP contribution < -0.4 is 10.2 Å². The van der Waals surface area contributed by atoms with Gasteiger partial charge in [-0.2, -0.15) is 0 Å². The number of benzene rings is 2. The van der Waals surface area contributed by atoms with Gasteiger partial charge in [0.05, 0.1) is 5.56 Å². The zero-order chi connectivity index (χ0) is 22.0. The van der Waals surface area contributed by atoms with E-state index in [0.29, 0.717) is 12.3 Å². The van der Waals surface area contributed by atoms with Crippen LogP contribution >= 0.6 is 0 Å². The third kappa shape index (κ3) is 2.73. The predicted molar refractivity (Wildman–Crippen MR) is 127 cm³/mol. The Hall–Kier alpha value is -2.92. The lowest BCUT2D eigenvalue weighted by Crippen LogP contribution is -2.57. The van der Waals surface area contributed by atoms with Crippen molar-refractivity contribution in [3.8, 4) is 0 Å². The fourth-order valence-corrected chi connectivity index (χ4v) is 5.77. The number of hydrogen-bond donors (Lipinski definition) is 2. The SMILES string of the molecule is CC1(C)c2cc(N3CCNCC3C(=O)C3CCC3)ccc2C(=O)c2c1[nH]c1ccccc21. The summed E-state index contributed by atoms with van der Waals surface area (Å²) in [5.74, 6) is 0.669. The minimum Gasteiger partial charge on any atom is -0.359 e. The maximum absolute atomic E-state index is 13.6. The molecule has 2 aromatic carbocycles. The number of nitrogens with one attached hydrogen (secondary N) is 2. The Morgan fingerprint density at radius 3 is 2.72 bits per heavy atom. The monoisotopic (exact) mass is 427 g/mol. The first-order chi connectivity index (χ1) is 15.5. The van der Waals surface area contributed by atoms with Gasteiger partial charge in [-0.1, -0.05) is 38.5 Å². The van der Waals surface area contributed by atoms with Crippen LogP contribution in [0.4, 0.5) is 5.69 Å². The van der Waals surface area contributed by atoms with Crippen LogP contribution in [-0.2, 0) is 10.2 Å². The van der Waals surface area contributed by atoms with E-state index in [0.717, 1.165) is 64.9 Å². The molecule has 32 heavy (non-hydrogen) atoms. The van der Waals surface area contributed by atoms with Crippen molar-refractivity contribution < 1.29 is 9.59 Å². The number of H-pyrrole nitrogens is 1. The van der Waals surface area contributed by atoms with E-state index in [1.165, 1.54) is 6.42 Å². The van der Waals surface area contributed by atoms with E-state index in [1.807, 2.05) is 36.4 Å². The van der Waals surface area contributed by atoms with Gasteiger partial charge in [0.1, 0.15) is 6.04 Å². The van der Waals surface area contributed by atoms with E-state index < -0.39 is 0 Å². The molecule has 1 atom stereocenters. The molecule has 1 saturated heterocycles. The van der Waals surface area contributed by atoms with Gasteiger partial charge < -0.3 is 15.2 Å². The zero-order valence-electron chi connectivity index (χ0n) is 18.7. The smallest absolute Gasteiger partial charge is 0.195 e. The maximum Gasteiger partial charge on any atom is 0.195 e. The number of rotatable bonds is 3. The summed E-state index contributed by atoms with van der Waals surface area (Å²) in [7, 11) is 0. The van der Waals surface area contributed by atoms with Crippen LogP contribution in [0.3, 0.4) is 0 Å². The van der Waals surface area contributed by atoms with Gasteiger partial charge >= 0.3 is 0 Å². The number of Topliss-reactive ketones (excluding diaryl/α,β-unsaturated/α-hetero) is 1. The van der Waals surface area contributed by atoms with Gasteiger partial charge in [-0.25, -0.2) is 0 Å². The van der Waals surface area contributed by atoms with E-state index in [4.69, 9.17) is 0 Å². The highest BCUT2D eigenvalue weighted by Gasteiger charge is 2.41. The highest BCUT2D eigenvalue weighted by molar-refractivity contribution is 6.20. The van der Waals surface area contributed by atoms with Gasteiger partial charge in [-0.05, 0) is 42.7 Å². The summed E-state index contributed by atoms with van der Waals surface area (Å²) in [6.07, 6.45) is 3.22.